The van der Waals surface area contributed by atoms with Crippen LogP contribution in [0.1, 0.15) is 43.7 Å². The molecule has 206 valence electrons. The maximum Gasteiger partial charge on any atom is 0.228 e. The maximum absolute atomic E-state index is 13.8. The van der Waals surface area contributed by atoms with E-state index in [1.165, 1.54) is 0 Å². The molecule has 41 heavy (non-hydrogen) atoms. The third kappa shape index (κ3) is 3.91. The molecule has 3 heterocycles. The van der Waals surface area contributed by atoms with Crippen LogP contribution in [0.25, 0.3) is 27.8 Å². The topological polar surface area (TPSA) is 108 Å². The molecule has 1 aliphatic carbocycles. The summed E-state index contributed by atoms with van der Waals surface area (Å²) >= 11 is 0. The average molecular weight is 549 g/mol. The molecule has 1 aliphatic heterocycles. The molecule has 0 amide bonds. The molecule has 9 heteroatoms. The van der Waals surface area contributed by atoms with Gasteiger partial charge < -0.3 is 19.3 Å². The van der Waals surface area contributed by atoms with Crippen molar-refractivity contribution in [3.63, 3.8) is 0 Å². The van der Waals surface area contributed by atoms with Gasteiger partial charge in [-0.1, -0.05) is 50.2 Å². The van der Waals surface area contributed by atoms with Crippen LogP contribution in [0.4, 0.5) is 0 Å². The monoisotopic (exact) mass is 548 g/mol. The minimum Gasteiger partial charge on any atom is -0.507 e. The van der Waals surface area contributed by atoms with Crippen molar-refractivity contribution in [2.45, 2.75) is 32.6 Å². The number of nitrogens with zero attached hydrogens (tertiary/aromatic N) is 4. The lowest BCUT2D eigenvalue weighted by Gasteiger charge is -2.37. The second-order valence-electron chi connectivity index (χ2n) is 11.3. The zero-order valence-corrected chi connectivity index (χ0v) is 23.1. The Hall–Kier alpha value is -4.92. The minimum absolute atomic E-state index is 0.0237. The summed E-state index contributed by atoms with van der Waals surface area (Å²) in [5.74, 6) is 2.08. The number of fused-ring (bicyclic) bond motifs is 4. The number of rotatable bonds is 4. The molecule has 0 saturated heterocycles. The number of phenols is 1. The summed E-state index contributed by atoms with van der Waals surface area (Å²) in [6, 6.07) is 17.0. The van der Waals surface area contributed by atoms with Gasteiger partial charge in [-0.3, -0.25) is 4.79 Å². The van der Waals surface area contributed by atoms with Gasteiger partial charge in [0, 0.05) is 23.8 Å². The third-order valence-electron chi connectivity index (χ3n) is 7.95. The van der Waals surface area contributed by atoms with Crippen LogP contribution in [0.2, 0.25) is 0 Å². The predicted octanol–water partition coefficient (Wildman–Crippen LogP) is 5.83. The molecule has 7 rings (SSSR count). The Morgan fingerprint density at radius 3 is 2.63 bits per heavy atom. The van der Waals surface area contributed by atoms with Crippen molar-refractivity contribution in [2.24, 2.45) is 5.41 Å². The van der Waals surface area contributed by atoms with Gasteiger partial charge >= 0.3 is 0 Å². The lowest BCUT2D eigenvalue weighted by Crippen LogP contribution is -2.33. The van der Waals surface area contributed by atoms with Crippen molar-refractivity contribution in [1.29, 1.82) is 0 Å². The van der Waals surface area contributed by atoms with E-state index in [0.717, 1.165) is 10.9 Å². The summed E-state index contributed by atoms with van der Waals surface area (Å²) in [5.41, 5.74) is 2.79. The number of allylic oxidation sites excluding steroid dienone is 2. The Morgan fingerprint density at radius 2 is 1.83 bits per heavy atom. The van der Waals surface area contributed by atoms with Crippen LogP contribution in [0.3, 0.4) is 0 Å². The number of carbonyl (C=O) groups excluding carboxylic acids is 1. The smallest absolute Gasteiger partial charge is 0.228 e. The number of ether oxygens (including phenoxy) is 3. The number of aromatic hydroxyl groups is 1. The van der Waals surface area contributed by atoms with Crippen LogP contribution in [0.15, 0.2) is 72.3 Å². The highest BCUT2D eigenvalue weighted by atomic mass is 16.5. The predicted molar refractivity (Wildman–Crippen MR) is 152 cm³/mol. The van der Waals surface area contributed by atoms with Crippen molar-refractivity contribution in [1.82, 2.24) is 19.6 Å². The van der Waals surface area contributed by atoms with E-state index in [0.29, 0.717) is 69.5 Å². The third-order valence-corrected chi connectivity index (χ3v) is 7.95. The Balaban J connectivity index is 1.47. The normalized spacial score (nSPS) is 17.8. The van der Waals surface area contributed by atoms with Crippen molar-refractivity contribution in [3.05, 3.63) is 83.4 Å². The number of phenolic OH excluding ortho intramolecular Hbond substituents is 1. The van der Waals surface area contributed by atoms with Gasteiger partial charge in [0.15, 0.2) is 28.8 Å². The summed E-state index contributed by atoms with van der Waals surface area (Å²) < 4.78 is 19.0. The zero-order valence-electron chi connectivity index (χ0n) is 23.1. The van der Waals surface area contributed by atoms with E-state index in [1.807, 2.05) is 54.6 Å². The van der Waals surface area contributed by atoms with Crippen LogP contribution >= 0.6 is 0 Å². The molecule has 1 N–H and O–H groups in total. The Kier molecular flexibility index (Phi) is 5.54. The average Bonchev–Trinajstić information content (AvgIpc) is 3.39. The second kappa shape index (κ2) is 9.05. The lowest BCUT2D eigenvalue weighted by molar-refractivity contribution is -0.118. The molecule has 5 aromatic rings. The number of Topliss-reactive ketones (excluding diaryl/α,β-unsaturated/α-hetero) is 1. The first-order valence-electron chi connectivity index (χ1n) is 13.4. The number of aromatic nitrogens is 4. The SMILES string of the molecule is COc1ccc(C2C3=C(CC(C)(C)CC3=O)Oc3ncn4nc(-c5ccc6ccccc6c5O)nc4c32)cc1OC. The number of hydrogen-bond acceptors (Lipinski definition) is 8. The summed E-state index contributed by atoms with van der Waals surface area (Å²) in [4.78, 5) is 23.3. The van der Waals surface area contributed by atoms with Crippen molar-refractivity contribution in [2.75, 3.05) is 14.2 Å². The second-order valence-corrected chi connectivity index (χ2v) is 11.3. The molecule has 0 radical (unpaired) electrons. The van der Waals surface area contributed by atoms with Gasteiger partial charge in [-0.2, -0.15) is 0 Å². The van der Waals surface area contributed by atoms with Gasteiger partial charge in [0.05, 0.1) is 31.3 Å². The molecule has 1 atom stereocenters. The van der Waals surface area contributed by atoms with Crippen LogP contribution < -0.4 is 14.2 Å². The summed E-state index contributed by atoms with van der Waals surface area (Å²) in [6.07, 6.45) is 2.55. The highest BCUT2D eigenvalue weighted by molar-refractivity contribution is 6.00. The van der Waals surface area contributed by atoms with Gasteiger partial charge in [-0.25, -0.2) is 14.5 Å². The van der Waals surface area contributed by atoms with Gasteiger partial charge in [-0.05, 0) is 34.6 Å². The van der Waals surface area contributed by atoms with Crippen molar-refractivity contribution in [3.8, 4) is 34.5 Å². The van der Waals surface area contributed by atoms with E-state index in [4.69, 9.17) is 19.2 Å². The molecule has 2 aromatic heterocycles. The number of carbonyl (C=O) groups is 1. The van der Waals surface area contributed by atoms with Crippen molar-refractivity contribution < 1.29 is 24.1 Å². The number of ketones is 1. The Labute approximate surface area is 236 Å². The summed E-state index contributed by atoms with van der Waals surface area (Å²) in [6.45, 7) is 4.13. The molecule has 2 aliphatic rings. The van der Waals surface area contributed by atoms with Gasteiger partial charge in [0.1, 0.15) is 17.8 Å². The van der Waals surface area contributed by atoms with Crippen molar-refractivity contribution >= 4 is 22.2 Å². The Morgan fingerprint density at radius 1 is 1.02 bits per heavy atom. The molecular weight excluding hydrogens is 520 g/mol. The van der Waals surface area contributed by atoms with E-state index >= 15 is 0 Å². The summed E-state index contributed by atoms with van der Waals surface area (Å²) in [5, 5.41) is 17.4. The lowest BCUT2D eigenvalue weighted by atomic mass is 9.70. The maximum atomic E-state index is 13.8. The van der Waals surface area contributed by atoms with E-state index in [2.05, 4.69) is 23.9 Å². The van der Waals surface area contributed by atoms with E-state index in [9.17, 15) is 9.90 Å². The molecule has 0 fully saturated rings. The molecule has 3 aromatic carbocycles. The number of methoxy groups -OCH3 is 2. The molecule has 0 saturated carbocycles. The first-order chi connectivity index (χ1) is 19.8. The van der Waals surface area contributed by atoms with Crippen LogP contribution in [-0.2, 0) is 4.79 Å². The van der Waals surface area contributed by atoms with E-state index in [-0.39, 0.29) is 16.9 Å². The highest BCUT2D eigenvalue weighted by Gasteiger charge is 2.44. The first-order valence-corrected chi connectivity index (χ1v) is 13.4. The largest absolute Gasteiger partial charge is 0.507 e. The summed E-state index contributed by atoms with van der Waals surface area (Å²) in [7, 11) is 3.17. The van der Waals surface area contributed by atoms with E-state index in [1.54, 1.807) is 25.1 Å². The minimum atomic E-state index is -0.518. The number of benzene rings is 3. The Bertz CT molecular complexity index is 1920. The highest BCUT2D eigenvalue weighted by Crippen LogP contribution is 2.51. The fourth-order valence-corrected chi connectivity index (χ4v) is 6.06. The zero-order chi connectivity index (χ0) is 28.5. The van der Waals surface area contributed by atoms with Crippen LogP contribution in [0, 0.1) is 5.41 Å². The molecule has 1 unspecified atom stereocenters. The van der Waals surface area contributed by atoms with E-state index < -0.39 is 5.92 Å². The van der Waals surface area contributed by atoms with Gasteiger partial charge in [0.25, 0.3) is 0 Å². The molecule has 0 bridgehead atoms. The molecular formula is C32H28N4O5. The molecule has 0 spiro atoms. The van der Waals surface area contributed by atoms with Gasteiger partial charge in [-0.15, -0.1) is 5.10 Å². The molecule has 9 nitrogen and oxygen atoms in total. The van der Waals surface area contributed by atoms with Gasteiger partial charge in [0.2, 0.25) is 5.88 Å². The fraction of sp³-hybridized carbons (Fsp3) is 0.250. The van der Waals surface area contributed by atoms with Crippen LogP contribution in [0.5, 0.6) is 23.1 Å². The fourth-order valence-electron chi connectivity index (χ4n) is 6.06. The van der Waals surface area contributed by atoms with Crippen LogP contribution in [-0.4, -0.2) is 44.7 Å². The number of hydrogen-bond donors (Lipinski definition) is 1. The standard InChI is InChI=1S/C32H28N4O5/c1-32(2)14-21(37)26-24(15-32)41-31-27(25(26)18-10-12-22(39-3)23(13-18)40-4)30-34-29(35-36(30)16-33-31)20-11-9-17-7-5-6-8-19(17)28(20)38/h5-13,16,25,38H,14-15H2,1-4H3. The first kappa shape index (κ1) is 25.1. The quantitative estimate of drug-likeness (QED) is 0.299.